The van der Waals surface area contributed by atoms with Gasteiger partial charge in [0.2, 0.25) is 0 Å². The molecule has 7 aromatic heterocycles. The molecule has 24 nitrogen and oxygen atoms in total. The SMILES string of the molecule is c1ccc2c(Oc3cc4c(cc3-n3nnc5ccccc53)-c3nc-4nc4[nH]c(nc5nc(nc6[nH]c(n3)c3cc(Oc7cccc8ccccc78)c(-n7nnc8ccccc87)cc63)-c3cc(Oc6cccc7ccccc67)c(-n6nnc7ccccc76)cc3-5)c3cc(Oc5cccc6ccccc56)c(-n5nnc6ccccc65)cc43)cccc2c1. The molecule has 0 radical (unpaired) electrons. The lowest BCUT2D eigenvalue weighted by Crippen LogP contribution is -2.01. The van der Waals surface area contributed by atoms with Crippen molar-refractivity contribution in [1.29, 1.82) is 0 Å². The minimum Gasteiger partial charge on any atom is -0.454 e. The first-order valence-corrected chi connectivity index (χ1v) is 38.8. The van der Waals surface area contributed by atoms with Gasteiger partial charge < -0.3 is 28.9 Å². The molecule has 562 valence electrons. The lowest BCUT2D eigenvalue weighted by atomic mass is 10.1. The number of H-pyrrole nitrogens is 2. The zero-order valence-electron chi connectivity index (χ0n) is 62.7. The van der Waals surface area contributed by atoms with E-state index in [0.717, 1.165) is 65.2 Å². The maximum absolute atomic E-state index is 7.31. The normalized spacial score (nSPS) is 12.0. The van der Waals surface area contributed by atoms with Crippen molar-refractivity contribution in [1.82, 2.24) is 99.8 Å². The first-order valence-electron chi connectivity index (χ1n) is 38.8. The van der Waals surface area contributed by atoms with Crippen molar-refractivity contribution in [2.75, 3.05) is 0 Å². The predicted molar refractivity (Wildman–Crippen MR) is 462 cm³/mol. The molecular formula is C96H54N20O4. The fourth-order valence-electron chi connectivity index (χ4n) is 16.6. The molecule has 0 saturated carbocycles. The largest absolute Gasteiger partial charge is 0.454 e. The molecule has 0 amide bonds. The molecule has 0 fully saturated rings. The highest BCUT2D eigenvalue weighted by molar-refractivity contribution is 6.10. The Morgan fingerprint density at radius 2 is 0.442 bits per heavy atom. The molecule has 8 bridgehead atoms. The van der Waals surface area contributed by atoms with Crippen LogP contribution in [0.1, 0.15) is 0 Å². The van der Waals surface area contributed by atoms with Crippen molar-refractivity contribution in [3.63, 3.8) is 0 Å². The van der Waals surface area contributed by atoms with Crippen molar-refractivity contribution in [2.45, 2.75) is 0 Å². The van der Waals surface area contributed by atoms with Crippen molar-refractivity contribution in [3.8, 4) is 114 Å². The summed E-state index contributed by atoms with van der Waals surface area (Å²) < 4.78 is 36.4. The first kappa shape index (κ1) is 66.2. The molecule has 2 N–H and O–H groups in total. The molecule has 24 heteroatoms. The summed E-state index contributed by atoms with van der Waals surface area (Å²) in [6.45, 7) is 0. The van der Waals surface area contributed by atoms with E-state index in [0.29, 0.717) is 157 Å². The van der Waals surface area contributed by atoms with E-state index in [1.807, 2.05) is 267 Å². The van der Waals surface area contributed by atoms with Crippen LogP contribution in [0.4, 0.5) is 0 Å². The number of nitrogens with zero attached hydrogens (tertiary/aromatic N) is 18. The van der Waals surface area contributed by atoms with E-state index >= 15 is 0 Å². The Bertz CT molecular complexity index is 8000. The van der Waals surface area contributed by atoms with Gasteiger partial charge in [-0.1, -0.05) is 215 Å². The highest BCUT2D eigenvalue weighted by Crippen LogP contribution is 2.49. The summed E-state index contributed by atoms with van der Waals surface area (Å²) >= 11 is 0. The van der Waals surface area contributed by atoms with Gasteiger partial charge in [0.25, 0.3) is 0 Å². The lowest BCUT2D eigenvalue weighted by molar-refractivity contribution is 0.483. The number of nitrogens with one attached hydrogen (secondary N) is 2. The van der Waals surface area contributed by atoms with Gasteiger partial charge in [0, 0.05) is 65.3 Å². The van der Waals surface area contributed by atoms with Crippen LogP contribution in [0.5, 0.6) is 46.0 Å². The van der Waals surface area contributed by atoms with Crippen LogP contribution in [-0.4, -0.2) is 99.8 Å². The van der Waals surface area contributed by atoms with Crippen molar-refractivity contribution in [3.05, 3.63) is 315 Å². The van der Waals surface area contributed by atoms with Gasteiger partial charge in [0.05, 0.1) is 22.1 Å². The Morgan fingerprint density at radius 3 is 0.750 bits per heavy atom. The minimum atomic E-state index is 0.260. The zero-order chi connectivity index (χ0) is 78.6. The standard InChI is InChI=1S/C96H54N20O4/c1-5-29-57-53(21-1)25-17-41-81(57)117-85-49-65-61(45-77(85)113-73-37-13-9-33-69(73)105-109-113)89-97-93(65)101-90-62-46-78(114-74-38-14-10-34-70(74)106-110-114)86(118-82-42-18-26-54-22-2-6-30-58(54)82)50-66(62)95(98-90)103-92-64-48-80(116-76-40-16-12-36-72(76)108-112-116)88(120-84-44-20-28-56-24-4-8-32-60(56)84)52-68(64)96(100-92)104-91-63-47-79(115-75-39-15-11-35-71(75)107-111-115)87(51-67(63)94(99-91)102-89)119-83-43-19-27-55-23-3-7-31-59(55)83/h1-52H,(H2,97,98,99,100,101,102,103,104). The maximum Gasteiger partial charge on any atom is 0.164 e. The minimum absolute atomic E-state index is 0.260. The number of rotatable bonds is 12. The Balaban J connectivity index is 0.827. The van der Waals surface area contributed by atoms with Crippen molar-refractivity contribution in [2.24, 2.45) is 0 Å². The average molecular weight is 1550 g/mol. The molecule has 25 rings (SSSR count). The smallest absolute Gasteiger partial charge is 0.164 e. The number of para-hydroxylation sites is 4. The molecule has 0 saturated heterocycles. The third kappa shape index (κ3) is 10.6. The molecule has 0 atom stereocenters. The van der Waals surface area contributed by atoms with E-state index in [-0.39, 0.29) is 23.3 Å². The Labute approximate surface area is 676 Å². The lowest BCUT2D eigenvalue weighted by Gasteiger charge is -2.15. The number of ether oxygens (including phenoxy) is 4. The molecule has 120 heavy (non-hydrogen) atoms. The Kier molecular flexibility index (Phi) is 14.4. The van der Waals surface area contributed by atoms with Crippen LogP contribution >= 0.6 is 0 Å². The molecule has 0 unspecified atom stereocenters. The molecule has 0 aliphatic carbocycles. The second-order valence-electron chi connectivity index (χ2n) is 29.3. The predicted octanol–water partition coefficient (Wildman–Crippen LogP) is 21.6. The van der Waals surface area contributed by atoms with Crippen LogP contribution < -0.4 is 18.9 Å². The van der Waals surface area contributed by atoms with Crippen LogP contribution in [0.2, 0.25) is 0 Å². The zero-order valence-corrected chi connectivity index (χ0v) is 62.7. The van der Waals surface area contributed by atoms with Crippen LogP contribution in [0.25, 0.3) is 200 Å². The highest BCUT2D eigenvalue weighted by Gasteiger charge is 2.31. The summed E-state index contributed by atoms with van der Waals surface area (Å²) in [5.74, 6) is 5.14. The maximum atomic E-state index is 7.31. The molecule has 16 aromatic carbocycles. The summed E-state index contributed by atoms with van der Waals surface area (Å²) in [7, 11) is 0. The summed E-state index contributed by atoms with van der Waals surface area (Å²) in [5, 5.41) is 48.1. The van der Waals surface area contributed by atoms with E-state index in [9.17, 15) is 0 Å². The van der Waals surface area contributed by atoms with Gasteiger partial charge in [-0.15, -0.1) is 20.4 Å². The quantitative estimate of drug-likeness (QED) is 0.115. The highest BCUT2D eigenvalue weighted by atomic mass is 16.5. The van der Waals surface area contributed by atoms with Gasteiger partial charge in [-0.05, 0) is 143 Å². The number of hydrogen-bond donors (Lipinski definition) is 2. The molecule has 2 aliphatic rings. The monoisotopic (exact) mass is 1550 g/mol. The van der Waals surface area contributed by atoms with E-state index in [4.69, 9.17) is 90.1 Å². The second kappa shape index (κ2) is 26.1. The summed E-state index contributed by atoms with van der Waals surface area (Å²) in [4.78, 5) is 41.7. The van der Waals surface area contributed by atoms with Gasteiger partial charge in [0.15, 0.2) is 46.3 Å². The molecular weight excluding hydrogens is 1500 g/mol. The fourth-order valence-corrected chi connectivity index (χ4v) is 16.6. The van der Waals surface area contributed by atoms with Crippen LogP contribution in [0.15, 0.2) is 315 Å². The van der Waals surface area contributed by atoms with E-state index < -0.39 is 0 Å². The average Bonchev–Trinajstić information content (AvgIpc) is 1.57. The first-order chi connectivity index (χ1) is 59.4. The van der Waals surface area contributed by atoms with Gasteiger partial charge >= 0.3 is 0 Å². The number of aromatic amines is 2. The van der Waals surface area contributed by atoms with Crippen molar-refractivity contribution < 1.29 is 18.9 Å². The molecule has 23 aromatic rings. The summed E-state index contributed by atoms with van der Waals surface area (Å²) in [6.07, 6.45) is 0. The Morgan fingerprint density at radius 1 is 0.200 bits per heavy atom. The van der Waals surface area contributed by atoms with Gasteiger partial charge in [-0.3, -0.25) is 0 Å². The number of benzene rings is 16. The summed E-state index contributed by atoms with van der Waals surface area (Å²) in [6, 6.07) is 104. The number of hydrogen-bond acceptors (Lipinski definition) is 18. The second-order valence-corrected chi connectivity index (χ2v) is 29.3. The fraction of sp³-hybridized carbons (Fsp3) is 0. The third-order valence-corrected chi connectivity index (χ3v) is 22.3. The topological polar surface area (TPSA) is 269 Å². The molecule has 2 aliphatic heterocycles. The van der Waals surface area contributed by atoms with E-state index in [1.54, 1.807) is 18.7 Å². The van der Waals surface area contributed by atoms with Crippen LogP contribution in [0, 0.1) is 0 Å². The van der Waals surface area contributed by atoms with Crippen molar-refractivity contribution >= 4 is 131 Å². The van der Waals surface area contributed by atoms with E-state index in [1.165, 1.54) is 0 Å². The number of aromatic nitrogens is 20. The molecule has 0 spiro atoms. The van der Waals surface area contributed by atoms with Gasteiger partial charge in [-0.2, -0.15) is 0 Å². The Hall–Kier alpha value is -17.3. The number of fused-ring (bicyclic) bond motifs is 28. The van der Waals surface area contributed by atoms with Crippen LogP contribution in [0.3, 0.4) is 0 Å². The summed E-state index contributed by atoms with van der Waals surface area (Å²) in [5.41, 5.74) is 11.4. The van der Waals surface area contributed by atoms with Crippen LogP contribution in [-0.2, 0) is 0 Å². The van der Waals surface area contributed by atoms with Gasteiger partial charge in [0.1, 0.15) is 90.4 Å². The molecule has 9 heterocycles. The third-order valence-electron chi connectivity index (χ3n) is 22.3. The van der Waals surface area contributed by atoms with E-state index in [2.05, 4.69) is 58.5 Å². The van der Waals surface area contributed by atoms with Gasteiger partial charge in [-0.25, -0.2) is 48.6 Å².